The van der Waals surface area contributed by atoms with Gasteiger partial charge in [0.05, 0.1) is 18.0 Å². The zero-order valence-corrected chi connectivity index (χ0v) is 15.3. The molecule has 0 radical (unpaired) electrons. The highest BCUT2D eigenvalue weighted by Crippen LogP contribution is 2.30. The Morgan fingerprint density at radius 1 is 1.36 bits per heavy atom. The van der Waals surface area contributed by atoms with Crippen LogP contribution in [0, 0.1) is 5.92 Å². The highest BCUT2D eigenvalue weighted by molar-refractivity contribution is 5.89. The number of hydrogen-bond acceptors (Lipinski definition) is 3. The molecule has 1 fully saturated rings. The summed E-state index contributed by atoms with van der Waals surface area (Å²) < 4.78 is 40.2. The van der Waals surface area contributed by atoms with Crippen LogP contribution in [0.2, 0.25) is 0 Å². The van der Waals surface area contributed by atoms with Gasteiger partial charge in [0, 0.05) is 37.9 Å². The van der Waals surface area contributed by atoms with Gasteiger partial charge in [-0.1, -0.05) is 12.1 Å². The quantitative estimate of drug-likeness (QED) is 0.819. The van der Waals surface area contributed by atoms with Gasteiger partial charge in [0.2, 0.25) is 11.8 Å². The summed E-state index contributed by atoms with van der Waals surface area (Å²) in [5.74, 6) is -0.991. The van der Waals surface area contributed by atoms with Crippen molar-refractivity contribution in [3.63, 3.8) is 0 Å². The van der Waals surface area contributed by atoms with Crippen molar-refractivity contribution in [3.05, 3.63) is 53.9 Å². The van der Waals surface area contributed by atoms with Gasteiger partial charge in [0.25, 0.3) is 0 Å². The Morgan fingerprint density at radius 3 is 2.82 bits per heavy atom. The summed E-state index contributed by atoms with van der Waals surface area (Å²) in [6.07, 6.45) is -0.939. The van der Waals surface area contributed by atoms with Crippen LogP contribution in [0.15, 0.2) is 42.7 Å². The molecule has 0 saturated carbocycles. The molecule has 0 unspecified atom stereocenters. The van der Waals surface area contributed by atoms with Crippen LogP contribution in [0.25, 0.3) is 0 Å². The molecule has 6 nitrogen and oxygen atoms in total. The van der Waals surface area contributed by atoms with Crippen molar-refractivity contribution < 1.29 is 22.8 Å². The number of benzene rings is 1. The van der Waals surface area contributed by atoms with Crippen molar-refractivity contribution >= 4 is 11.8 Å². The molecule has 1 aliphatic rings. The summed E-state index contributed by atoms with van der Waals surface area (Å²) in [5, 5.41) is 6.95. The molecule has 1 aliphatic heterocycles. The van der Waals surface area contributed by atoms with Gasteiger partial charge < -0.3 is 10.2 Å². The Kier molecular flexibility index (Phi) is 5.71. The van der Waals surface area contributed by atoms with Crippen molar-refractivity contribution in [2.45, 2.75) is 38.7 Å². The third-order valence-corrected chi connectivity index (χ3v) is 4.62. The van der Waals surface area contributed by atoms with Crippen molar-refractivity contribution in [1.82, 2.24) is 20.0 Å². The van der Waals surface area contributed by atoms with Crippen molar-refractivity contribution in [2.24, 2.45) is 5.92 Å². The van der Waals surface area contributed by atoms with E-state index in [0.717, 1.165) is 12.1 Å². The Bertz CT molecular complexity index is 836. The minimum atomic E-state index is -4.43. The summed E-state index contributed by atoms with van der Waals surface area (Å²) in [5.41, 5.74) is -0.366. The third kappa shape index (κ3) is 4.90. The van der Waals surface area contributed by atoms with Gasteiger partial charge in [0.15, 0.2) is 0 Å². The molecule has 2 atom stereocenters. The largest absolute Gasteiger partial charge is 0.416 e. The van der Waals surface area contributed by atoms with Gasteiger partial charge in [-0.3, -0.25) is 14.3 Å². The second kappa shape index (κ2) is 8.04. The lowest BCUT2D eigenvalue weighted by molar-refractivity contribution is -0.137. The van der Waals surface area contributed by atoms with E-state index < -0.39 is 17.7 Å². The maximum absolute atomic E-state index is 12.8. The van der Waals surface area contributed by atoms with Crippen LogP contribution in [0.4, 0.5) is 13.2 Å². The van der Waals surface area contributed by atoms with Crippen LogP contribution < -0.4 is 5.32 Å². The van der Waals surface area contributed by atoms with E-state index in [-0.39, 0.29) is 37.4 Å². The Hall–Kier alpha value is -2.84. The van der Waals surface area contributed by atoms with E-state index in [1.807, 2.05) is 6.92 Å². The lowest BCUT2D eigenvalue weighted by Gasteiger charge is -2.19. The zero-order chi connectivity index (χ0) is 20.3. The number of likely N-dealkylation sites (tertiary alicyclic amines) is 1. The van der Waals surface area contributed by atoms with Crippen LogP contribution in [-0.4, -0.2) is 39.1 Å². The number of rotatable bonds is 6. The molecular formula is C19H21F3N4O2. The predicted octanol–water partition coefficient (Wildman–Crippen LogP) is 2.46. The van der Waals surface area contributed by atoms with Crippen LogP contribution >= 0.6 is 0 Å². The normalized spacial score (nSPS) is 18.4. The second-order valence-corrected chi connectivity index (χ2v) is 7.01. The number of hydrogen-bond donors (Lipinski definition) is 1. The van der Waals surface area contributed by atoms with Gasteiger partial charge in [-0.2, -0.15) is 18.3 Å². The van der Waals surface area contributed by atoms with Crippen LogP contribution in [0.3, 0.4) is 0 Å². The number of alkyl halides is 3. The van der Waals surface area contributed by atoms with Crippen molar-refractivity contribution in [3.8, 4) is 0 Å². The van der Waals surface area contributed by atoms with E-state index in [1.54, 1.807) is 29.2 Å². The number of nitrogens with one attached hydrogen (secondary N) is 1. The van der Waals surface area contributed by atoms with E-state index in [9.17, 15) is 22.8 Å². The highest BCUT2D eigenvalue weighted by Gasteiger charge is 2.35. The van der Waals surface area contributed by atoms with E-state index >= 15 is 0 Å². The van der Waals surface area contributed by atoms with Crippen LogP contribution in [0.5, 0.6) is 0 Å². The smallest absolute Gasteiger partial charge is 0.351 e. The van der Waals surface area contributed by atoms with Crippen molar-refractivity contribution in [2.75, 3.05) is 6.54 Å². The maximum atomic E-state index is 12.8. The summed E-state index contributed by atoms with van der Waals surface area (Å²) in [7, 11) is 0. The molecule has 0 aliphatic carbocycles. The average Bonchev–Trinajstić information content (AvgIpc) is 3.24. The SMILES string of the molecule is C[C@H](Cn1cccn1)NC(=O)[C@@H]1CC(=O)N(Cc2cccc(C(F)(F)F)c2)C1. The minimum Gasteiger partial charge on any atom is -0.351 e. The van der Waals surface area contributed by atoms with Crippen LogP contribution in [-0.2, 0) is 28.9 Å². The average molecular weight is 394 g/mol. The van der Waals surface area contributed by atoms with E-state index in [2.05, 4.69) is 10.4 Å². The maximum Gasteiger partial charge on any atom is 0.416 e. The molecule has 28 heavy (non-hydrogen) atoms. The Balaban J connectivity index is 1.56. The number of carbonyl (C=O) groups is 2. The summed E-state index contributed by atoms with van der Waals surface area (Å²) in [6, 6.07) is 6.51. The Labute approximate surface area is 160 Å². The first kappa shape index (κ1) is 19.9. The van der Waals surface area contributed by atoms with E-state index in [1.165, 1.54) is 11.0 Å². The molecule has 3 rings (SSSR count). The topological polar surface area (TPSA) is 67.2 Å². The first-order valence-corrected chi connectivity index (χ1v) is 8.94. The van der Waals surface area contributed by atoms with Crippen molar-refractivity contribution in [1.29, 1.82) is 0 Å². The first-order valence-electron chi connectivity index (χ1n) is 8.94. The molecule has 1 aromatic carbocycles. The molecule has 150 valence electrons. The van der Waals surface area contributed by atoms with Crippen LogP contribution in [0.1, 0.15) is 24.5 Å². The fourth-order valence-corrected chi connectivity index (χ4v) is 3.26. The standard InChI is InChI=1S/C19H21F3N4O2/c1-13(10-26-7-3-6-23-26)24-18(28)15-9-17(27)25(12-15)11-14-4-2-5-16(8-14)19(20,21)22/h2-8,13,15H,9-12H2,1H3,(H,24,28)/t13-,15-/m1/s1. The number of halogens is 3. The molecule has 0 bridgehead atoms. The minimum absolute atomic E-state index is 0.0510. The first-order chi connectivity index (χ1) is 13.2. The lowest BCUT2D eigenvalue weighted by atomic mass is 10.1. The van der Waals surface area contributed by atoms with Gasteiger partial charge in [-0.05, 0) is 30.7 Å². The summed E-state index contributed by atoms with van der Waals surface area (Å²) in [4.78, 5) is 26.1. The predicted molar refractivity (Wildman–Crippen MR) is 94.8 cm³/mol. The molecule has 1 saturated heterocycles. The molecule has 2 heterocycles. The van der Waals surface area contributed by atoms with E-state index in [0.29, 0.717) is 12.1 Å². The fourth-order valence-electron chi connectivity index (χ4n) is 3.26. The molecule has 1 N–H and O–H groups in total. The highest BCUT2D eigenvalue weighted by atomic mass is 19.4. The number of carbonyl (C=O) groups excluding carboxylic acids is 2. The summed E-state index contributed by atoms with van der Waals surface area (Å²) in [6.45, 7) is 2.59. The fraction of sp³-hybridized carbons (Fsp3) is 0.421. The number of aromatic nitrogens is 2. The summed E-state index contributed by atoms with van der Waals surface area (Å²) >= 11 is 0. The molecule has 2 amide bonds. The molecule has 1 aromatic heterocycles. The monoisotopic (exact) mass is 394 g/mol. The number of amides is 2. The molecular weight excluding hydrogens is 373 g/mol. The van der Waals surface area contributed by atoms with Gasteiger partial charge >= 0.3 is 6.18 Å². The molecule has 2 aromatic rings. The number of nitrogens with zero attached hydrogens (tertiary/aromatic N) is 3. The van der Waals surface area contributed by atoms with Gasteiger partial charge in [0.1, 0.15) is 0 Å². The Morgan fingerprint density at radius 2 is 2.14 bits per heavy atom. The van der Waals surface area contributed by atoms with E-state index in [4.69, 9.17) is 0 Å². The second-order valence-electron chi connectivity index (χ2n) is 7.01. The molecule has 9 heteroatoms. The zero-order valence-electron chi connectivity index (χ0n) is 15.3. The lowest BCUT2D eigenvalue weighted by Crippen LogP contribution is -2.40. The van der Waals surface area contributed by atoms with Gasteiger partial charge in [-0.15, -0.1) is 0 Å². The molecule has 0 spiro atoms. The van der Waals surface area contributed by atoms with Gasteiger partial charge in [-0.25, -0.2) is 0 Å². The third-order valence-electron chi connectivity index (χ3n) is 4.62.